The van der Waals surface area contributed by atoms with E-state index in [0.29, 0.717) is 6.54 Å². The molecule has 0 saturated carbocycles. The molecule has 1 N–H and O–H groups in total. The van der Waals surface area contributed by atoms with Crippen LogP contribution in [0.25, 0.3) is 10.9 Å². The van der Waals surface area contributed by atoms with Gasteiger partial charge in [0, 0.05) is 23.2 Å². The minimum atomic E-state index is 0. The van der Waals surface area contributed by atoms with Gasteiger partial charge in [-0.2, -0.15) is 0 Å². The second-order valence-corrected chi connectivity index (χ2v) is 8.43. The van der Waals surface area contributed by atoms with Gasteiger partial charge in [-0.1, -0.05) is 36.8 Å². The number of halogens is 2. The predicted octanol–water partition coefficient (Wildman–Crippen LogP) is 5.51. The van der Waals surface area contributed by atoms with Crippen molar-refractivity contribution in [3.63, 3.8) is 0 Å². The second kappa shape index (κ2) is 10.5. The highest BCUT2D eigenvalue weighted by Crippen LogP contribution is 2.40. The molecule has 1 aromatic heterocycles. The number of fused-ring (bicyclic) bond motifs is 2. The molecule has 2 aliphatic rings. The van der Waals surface area contributed by atoms with Gasteiger partial charge in [0.05, 0.1) is 17.7 Å². The van der Waals surface area contributed by atoms with E-state index in [4.69, 9.17) is 4.98 Å². The summed E-state index contributed by atoms with van der Waals surface area (Å²) in [6.07, 6.45) is 4.52. The third-order valence-corrected chi connectivity index (χ3v) is 6.21. The van der Waals surface area contributed by atoms with E-state index in [0.717, 1.165) is 59.7 Å². The monoisotopic (exact) mass is 472 g/mol. The molecule has 7 heteroatoms. The van der Waals surface area contributed by atoms with Crippen molar-refractivity contribution < 1.29 is 4.79 Å². The number of amides is 1. The summed E-state index contributed by atoms with van der Waals surface area (Å²) < 4.78 is 0. The van der Waals surface area contributed by atoms with Gasteiger partial charge < -0.3 is 10.2 Å². The molecule has 0 atom stereocenters. The molecule has 0 radical (unpaired) electrons. The fourth-order valence-corrected chi connectivity index (χ4v) is 4.72. The largest absolute Gasteiger partial charge is 0.326 e. The highest BCUT2D eigenvalue weighted by Gasteiger charge is 2.27. The van der Waals surface area contributed by atoms with E-state index < -0.39 is 0 Å². The minimum absolute atomic E-state index is 0. The Balaban J connectivity index is 0.00000144. The summed E-state index contributed by atoms with van der Waals surface area (Å²) in [4.78, 5) is 22.5. The summed E-state index contributed by atoms with van der Waals surface area (Å²) in [7, 11) is 0. The quantitative estimate of drug-likeness (QED) is 0.543. The number of hydrogen-bond acceptors (Lipinski definition) is 4. The van der Waals surface area contributed by atoms with Crippen LogP contribution in [0.1, 0.15) is 30.4 Å². The zero-order valence-corrected chi connectivity index (χ0v) is 20.0. The van der Waals surface area contributed by atoms with Crippen LogP contribution in [0.15, 0.2) is 48.5 Å². The number of likely N-dealkylation sites (tertiary alicyclic amines) is 1. The van der Waals surface area contributed by atoms with E-state index in [9.17, 15) is 4.79 Å². The number of nitrogens with one attached hydrogen (secondary N) is 1. The van der Waals surface area contributed by atoms with E-state index in [-0.39, 0.29) is 30.7 Å². The lowest BCUT2D eigenvalue weighted by atomic mass is 10.1. The lowest BCUT2D eigenvalue weighted by molar-refractivity contribution is -0.117. The summed E-state index contributed by atoms with van der Waals surface area (Å²) in [5.41, 5.74) is 5.39. The average Bonchev–Trinajstić information content (AvgIpc) is 3.18. The molecule has 3 heterocycles. The predicted molar refractivity (Wildman–Crippen MR) is 137 cm³/mol. The molecule has 0 spiro atoms. The third-order valence-electron chi connectivity index (χ3n) is 6.21. The lowest BCUT2D eigenvalue weighted by Gasteiger charge is -2.26. The molecule has 1 amide bonds. The number of para-hydroxylation sites is 1. The molecule has 0 unspecified atom stereocenters. The van der Waals surface area contributed by atoms with Gasteiger partial charge in [0.2, 0.25) is 5.91 Å². The molecule has 3 aromatic rings. The number of hydrogen-bond donors (Lipinski definition) is 1. The molecular weight excluding hydrogens is 443 g/mol. The number of pyridine rings is 1. The fourth-order valence-electron chi connectivity index (χ4n) is 4.72. The zero-order valence-electron chi connectivity index (χ0n) is 18.3. The first-order valence-corrected chi connectivity index (χ1v) is 11.0. The van der Waals surface area contributed by atoms with Crippen LogP contribution in [0.5, 0.6) is 0 Å². The topological polar surface area (TPSA) is 48.5 Å². The van der Waals surface area contributed by atoms with E-state index in [2.05, 4.69) is 52.4 Å². The average molecular weight is 473 g/mol. The molecule has 1 saturated heterocycles. The second-order valence-electron chi connectivity index (χ2n) is 8.43. The summed E-state index contributed by atoms with van der Waals surface area (Å²) in [6.45, 7) is 5.48. The Hall–Kier alpha value is -2.34. The Morgan fingerprint density at radius 2 is 1.78 bits per heavy atom. The minimum Gasteiger partial charge on any atom is -0.326 e. The van der Waals surface area contributed by atoms with Crippen molar-refractivity contribution in [1.29, 1.82) is 0 Å². The Labute approximate surface area is 202 Å². The van der Waals surface area contributed by atoms with Crippen molar-refractivity contribution in [2.75, 3.05) is 36.4 Å². The number of carbonyl (C=O) groups is 1. The highest BCUT2D eigenvalue weighted by molar-refractivity contribution is 6.05. The first-order chi connectivity index (χ1) is 14.7. The van der Waals surface area contributed by atoms with Crippen LogP contribution in [0.4, 0.5) is 17.2 Å². The van der Waals surface area contributed by atoms with Gasteiger partial charge in [-0.3, -0.25) is 9.69 Å². The number of aromatic nitrogens is 1. The van der Waals surface area contributed by atoms with Gasteiger partial charge in [0.1, 0.15) is 5.82 Å². The smallest absolute Gasteiger partial charge is 0.238 e. The Morgan fingerprint density at radius 1 is 1.00 bits per heavy atom. The maximum Gasteiger partial charge on any atom is 0.238 e. The number of benzene rings is 2. The molecule has 170 valence electrons. The van der Waals surface area contributed by atoms with Crippen LogP contribution < -0.4 is 10.2 Å². The third kappa shape index (κ3) is 4.85. The molecule has 0 bridgehead atoms. The van der Waals surface area contributed by atoms with E-state index in [1.165, 1.54) is 24.8 Å². The molecule has 5 nitrogen and oxygen atoms in total. The van der Waals surface area contributed by atoms with Crippen molar-refractivity contribution in [2.24, 2.45) is 0 Å². The van der Waals surface area contributed by atoms with Crippen LogP contribution in [-0.2, 0) is 11.2 Å². The number of anilines is 3. The Kier molecular flexibility index (Phi) is 7.99. The SMILES string of the molecule is Cc1cccc(N2CCc3c2nc2ccccc2c3NC(=O)CN2CCCCC2)c1.Cl.Cl. The lowest BCUT2D eigenvalue weighted by Crippen LogP contribution is -2.37. The first kappa shape index (κ1) is 24.3. The van der Waals surface area contributed by atoms with E-state index in [1.54, 1.807) is 0 Å². The van der Waals surface area contributed by atoms with Gasteiger partial charge in [-0.05, 0) is 63.0 Å². The van der Waals surface area contributed by atoms with E-state index >= 15 is 0 Å². The molecule has 2 aromatic carbocycles. The van der Waals surface area contributed by atoms with Crippen molar-refractivity contribution in [3.8, 4) is 0 Å². The van der Waals surface area contributed by atoms with Crippen LogP contribution in [0, 0.1) is 6.92 Å². The molecule has 5 rings (SSSR count). The number of aryl methyl sites for hydroxylation is 1. The zero-order chi connectivity index (χ0) is 20.5. The van der Waals surface area contributed by atoms with Crippen LogP contribution in [0.2, 0.25) is 0 Å². The van der Waals surface area contributed by atoms with Crippen molar-refractivity contribution >= 4 is 58.8 Å². The summed E-state index contributed by atoms with van der Waals surface area (Å²) in [5, 5.41) is 4.29. The van der Waals surface area contributed by atoms with Gasteiger partial charge in [-0.25, -0.2) is 4.98 Å². The van der Waals surface area contributed by atoms with Gasteiger partial charge in [-0.15, -0.1) is 24.8 Å². The van der Waals surface area contributed by atoms with Crippen molar-refractivity contribution in [1.82, 2.24) is 9.88 Å². The molecule has 2 aliphatic heterocycles. The highest BCUT2D eigenvalue weighted by atomic mass is 35.5. The van der Waals surface area contributed by atoms with Crippen molar-refractivity contribution in [3.05, 3.63) is 59.7 Å². The van der Waals surface area contributed by atoms with Crippen molar-refractivity contribution in [2.45, 2.75) is 32.6 Å². The van der Waals surface area contributed by atoms with Gasteiger partial charge in [0.15, 0.2) is 0 Å². The Morgan fingerprint density at radius 3 is 2.56 bits per heavy atom. The fraction of sp³-hybridized carbons (Fsp3) is 0.360. The molecule has 1 fully saturated rings. The van der Waals surface area contributed by atoms with Crippen LogP contribution in [0.3, 0.4) is 0 Å². The summed E-state index contributed by atoms with van der Waals surface area (Å²) >= 11 is 0. The maximum absolute atomic E-state index is 12.9. The number of rotatable bonds is 4. The van der Waals surface area contributed by atoms with E-state index in [1.807, 2.05) is 18.2 Å². The van der Waals surface area contributed by atoms with Gasteiger partial charge in [0.25, 0.3) is 0 Å². The number of piperidine rings is 1. The van der Waals surface area contributed by atoms with Crippen LogP contribution in [-0.4, -0.2) is 42.0 Å². The first-order valence-electron chi connectivity index (χ1n) is 11.0. The maximum atomic E-state index is 12.9. The van der Waals surface area contributed by atoms with Crippen LogP contribution >= 0.6 is 24.8 Å². The molecule has 0 aliphatic carbocycles. The normalized spacial score (nSPS) is 15.6. The molecule has 32 heavy (non-hydrogen) atoms. The number of nitrogens with zero attached hydrogens (tertiary/aromatic N) is 3. The number of carbonyl (C=O) groups excluding carboxylic acids is 1. The summed E-state index contributed by atoms with van der Waals surface area (Å²) in [5.74, 6) is 1.04. The Bertz CT molecular complexity index is 1100. The van der Waals surface area contributed by atoms with Gasteiger partial charge >= 0.3 is 0 Å². The summed E-state index contributed by atoms with van der Waals surface area (Å²) in [6, 6.07) is 16.6. The molecular formula is C25H30Cl2N4O. The standard InChI is InChI=1S/C25H28N4O.2ClH/c1-18-8-7-9-19(16-18)29-15-12-21-24(20-10-3-4-11-22(20)26-25(21)29)27-23(30)17-28-13-5-2-6-14-28;;/h3-4,7-11,16H,2,5-6,12-15,17H2,1H3,(H,26,27,30);2*1H.